The molecular weight excluding hydrogens is 606 g/mol. The van der Waals surface area contributed by atoms with Crippen LogP contribution in [0.5, 0.6) is 0 Å². The number of halogens is 1. The minimum atomic E-state index is -4.16. The molecule has 236 valence electrons. The number of nitrogens with one attached hydrogen (secondary N) is 1. The molecular formula is C36H40ClN3O4S. The zero-order valence-corrected chi connectivity index (χ0v) is 27.7. The number of hydrogen-bond acceptors (Lipinski definition) is 4. The zero-order chi connectivity index (χ0) is 32.6. The van der Waals surface area contributed by atoms with Crippen molar-refractivity contribution < 1.29 is 18.0 Å². The summed E-state index contributed by atoms with van der Waals surface area (Å²) in [4.78, 5) is 30.0. The Kier molecular flexibility index (Phi) is 11.4. The van der Waals surface area contributed by atoms with Gasteiger partial charge in [-0.05, 0) is 74.2 Å². The molecule has 0 fully saturated rings. The van der Waals surface area contributed by atoms with Crippen LogP contribution in [-0.4, -0.2) is 43.8 Å². The number of sulfonamides is 1. The van der Waals surface area contributed by atoms with Gasteiger partial charge < -0.3 is 10.2 Å². The quantitative estimate of drug-likeness (QED) is 0.175. The first-order valence-corrected chi connectivity index (χ1v) is 16.8. The number of hydrogen-bond donors (Lipinski definition) is 1. The van der Waals surface area contributed by atoms with Crippen LogP contribution in [0.15, 0.2) is 108 Å². The van der Waals surface area contributed by atoms with Gasteiger partial charge in [0.2, 0.25) is 11.8 Å². The van der Waals surface area contributed by atoms with Gasteiger partial charge in [0.15, 0.2) is 0 Å². The lowest BCUT2D eigenvalue weighted by molar-refractivity contribution is -0.140. The number of carbonyl (C=O) groups is 2. The number of benzene rings is 4. The molecule has 0 saturated heterocycles. The van der Waals surface area contributed by atoms with E-state index in [0.29, 0.717) is 22.7 Å². The molecule has 0 spiro atoms. The molecule has 2 atom stereocenters. The zero-order valence-electron chi connectivity index (χ0n) is 26.1. The van der Waals surface area contributed by atoms with Crippen molar-refractivity contribution in [2.24, 2.45) is 0 Å². The van der Waals surface area contributed by atoms with E-state index in [1.165, 1.54) is 17.0 Å². The molecule has 4 rings (SSSR count). The third kappa shape index (κ3) is 8.74. The van der Waals surface area contributed by atoms with E-state index in [0.717, 1.165) is 21.0 Å². The molecule has 0 heterocycles. The van der Waals surface area contributed by atoms with Gasteiger partial charge in [0.1, 0.15) is 12.6 Å². The normalized spacial score (nSPS) is 12.6. The Morgan fingerprint density at radius 1 is 0.844 bits per heavy atom. The first-order chi connectivity index (χ1) is 21.5. The Hall–Kier alpha value is -4.14. The summed E-state index contributed by atoms with van der Waals surface area (Å²) in [6, 6.07) is 29.0. The van der Waals surface area contributed by atoms with Gasteiger partial charge in [-0.25, -0.2) is 8.42 Å². The van der Waals surface area contributed by atoms with Crippen molar-refractivity contribution in [3.8, 4) is 0 Å². The number of carbonyl (C=O) groups excluding carboxylic acids is 2. The summed E-state index contributed by atoms with van der Waals surface area (Å²) in [5.41, 5.74) is 3.70. The van der Waals surface area contributed by atoms with Gasteiger partial charge in [0, 0.05) is 24.0 Å². The van der Waals surface area contributed by atoms with Crippen molar-refractivity contribution in [2.45, 2.75) is 64.1 Å². The molecule has 7 nitrogen and oxygen atoms in total. The Labute approximate surface area is 271 Å². The highest BCUT2D eigenvalue weighted by molar-refractivity contribution is 7.92. The molecule has 4 aromatic rings. The number of amides is 2. The molecule has 1 N–H and O–H groups in total. The molecule has 0 aliphatic heterocycles. The van der Waals surface area contributed by atoms with Gasteiger partial charge in [-0.2, -0.15) is 0 Å². The van der Waals surface area contributed by atoms with Crippen LogP contribution in [0.2, 0.25) is 5.02 Å². The Balaban J connectivity index is 1.82. The van der Waals surface area contributed by atoms with Crippen molar-refractivity contribution >= 4 is 39.1 Å². The van der Waals surface area contributed by atoms with Crippen LogP contribution in [-0.2, 0) is 32.6 Å². The van der Waals surface area contributed by atoms with Crippen LogP contribution in [0.1, 0.15) is 42.5 Å². The largest absolute Gasteiger partial charge is 0.352 e. The third-order valence-corrected chi connectivity index (χ3v) is 9.80. The maximum absolute atomic E-state index is 14.6. The highest BCUT2D eigenvalue weighted by atomic mass is 35.5. The maximum Gasteiger partial charge on any atom is 0.264 e. The van der Waals surface area contributed by atoms with Gasteiger partial charge in [0.05, 0.1) is 10.6 Å². The van der Waals surface area contributed by atoms with E-state index >= 15 is 0 Å². The summed E-state index contributed by atoms with van der Waals surface area (Å²) in [7, 11) is -4.16. The molecule has 4 aromatic carbocycles. The average molecular weight is 646 g/mol. The number of aryl methyl sites for hydroxylation is 2. The first kappa shape index (κ1) is 33.7. The summed E-state index contributed by atoms with van der Waals surface area (Å²) in [5.74, 6) is -0.816. The van der Waals surface area contributed by atoms with Crippen molar-refractivity contribution in [3.63, 3.8) is 0 Å². The van der Waals surface area contributed by atoms with Crippen LogP contribution in [0, 0.1) is 13.8 Å². The predicted molar refractivity (Wildman–Crippen MR) is 181 cm³/mol. The van der Waals surface area contributed by atoms with Crippen LogP contribution in [0.4, 0.5) is 5.69 Å². The molecule has 0 saturated carbocycles. The van der Waals surface area contributed by atoms with E-state index < -0.39 is 28.5 Å². The Morgan fingerprint density at radius 3 is 2.07 bits per heavy atom. The van der Waals surface area contributed by atoms with Crippen molar-refractivity contribution in [3.05, 3.63) is 130 Å². The summed E-state index contributed by atoms with van der Waals surface area (Å²) < 4.78 is 29.5. The van der Waals surface area contributed by atoms with E-state index in [9.17, 15) is 18.0 Å². The predicted octanol–water partition coefficient (Wildman–Crippen LogP) is 6.71. The summed E-state index contributed by atoms with van der Waals surface area (Å²) in [5, 5.41) is 3.59. The molecule has 9 heteroatoms. The number of rotatable bonds is 13. The lowest BCUT2D eigenvalue weighted by Gasteiger charge is -2.34. The molecule has 45 heavy (non-hydrogen) atoms. The second kappa shape index (κ2) is 15.2. The third-order valence-electron chi connectivity index (χ3n) is 7.77. The van der Waals surface area contributed by atoms with E-state index in [4.69, 9.17) is 11.6 Å². The molecule has 0 aromatic heterocycles. The molecule has 0 radical (unpaired) electrons. The standard InChI is InChI=1S/C36H40ClN3O4S/c1-5-28(4)38-36(42)34(23-29-12-8-6-9-13-29)39(24-30-17-19-31(37)20-18-30)35(41)25-40(33-21-16-26(2)22-27(33)3)45(43,44)32-14-10-7-11-15-32/h6-22,28,34H,5,23-25H2,1-4H3,(H,38,42). The van der Waals surface area contributed by atoms with Crippen LogP contribution >= 0.6 is 11.6 Å². The Bertz CT molecular complexity index is 1700. The first-order valence-electron chi connectivity index (χ1n) is 15.0. The highest BCUT2D eigenvalue weighted by Gasteiger charge is 2.35. The van der Waals surface area contributed by atoms with Crippen molar-refractivity contribution in [2.75, 3.05) is 10.8 Å². The summed E-state index contributed by atoms with van der Waals surface area (Å²) in [6.07, 6.45) is 0.960. The van der Waals surface area contributed by atoms with Crippen LogP contribution < -0.4 is 9.62 Å². The fraction of sp³-hybridized carbons (Fsp3) is 0.278. The van der Waals surface area contributed by atoms with Crippen LogP contribution in [0.3, 0.4) is 0 Å². The number of anilines is 1. The minimum absolute atomic E-state index is 0.0670. The molecule has 2 unspecified atom stereocenters. The van der Waals surface area contributed by atoms with Crippen molar-refractivity contribution in [1.29, 1.82) is 0 Å². The van der Waals surface area contributed by atoms with Gasteiger partial charge in [-0.15, -0.1) is 0 Å². The van der Waals surface area contributed by atoms with E-state index in [1.54, 1.807) is 48.5 Å². The SMILES string of the molecule is CCC(C)NC(=O)C(Cc1ccccc1)N(Cc1ccc(Cl)cc1)C(=O)CN(c1ccc(C)cc1C)S(=O)(=O)c1ccccc1. The fourth-order valence-electron chi connectivity index (χ4n) is 5.10. The molecule has 0 bridgehead atoms. The highest BCUT2D eigenvalue weighted by Crippen LogP contribution is 2.28. The topological polar surface area (TPSA) is 86.8 Å². The van der Waals surface area contributed by atoms with Gasteiger partial charge in [-0.3, -0.25) is 13.9 Å². The average Bonchev–Trinajstić information content (AvgIpc) is 3.03. The van der Waals surface area contributed by atoms with Crippen molar-refractivity contribution in [1.82, 2.24) is 10.2 Å². The lowest BCUT2D eigenvalue weighted by Crippen LogP contribution is -2.54. The minimum Gasteiger partial charge on any atom is -0.352 e. The number of nitrogens with zero attached hydrogens (tertiary/aromatic N) is 2. The smallest absolute Gasteiger partial charge is 0.264 e. The van der Waals surface area contributed by atoms with Gasteiger partial charge in [0.25, 0.3) is 10.0 Å². The summed E-state index contributed by atoms with van der Waals surface area (Å²) in [6.45, 7) is 7.21. The summed E-state index contributed by atoms with van der Waals surface area (Å²) >= 11 is 6.16. The monoisotopic (exact) mass is 645 g/mol. The van der Waals surface area contributed by atoms with E-state index in [-0.39, 0.29) is 29.8 Å². The second-order valence-electron chi connectivity index (χ2n) is 11.3. The molecule has 2 amide bonds. The van der Waals surface area contributed by atoms with E-state index in [1.807, 2.05) is 70.2 Å². The molecule has 0 aliphatic carbocycles. The Morgan fingerprint density at radius 2 is 1.47 bits per heavy atom. The maximum atomic E-state index is 14.6. The second-order valence-corrected chi connectivity index (χ2v) is 13.6. The molecule has 0 aliphatic rings. The van der Waals surface area contributed by atoms with Gasteiger partial charge >= 0.3 is 0 Å². The fourth-order valence-corrected chi connectivity index (χ4v) is 6.73. The lowest BCUT2D eigenvalue weighted by atomic mass is 10.0. The van der Waals surface area contributed by atoms with Gasteiger partial charge in [-0.1, -0.05) is 96.9 Å². The van der Waals surface area contributed by atoms with Crippen LogP contribution in [0.25, 0.3) is 0 Å². The van der Waals surface area contributed by atoms with E-state index in [2.05, 4.69) is 5.32 Å².